The van der Waals surface area contributed by atoms with Crippen LogP contribution in [0.2, 0.25) is 0 Å². The molecule has 0 radical (unpaired) electrons. The van der Waals surface area contributed by atoms with Gasteiger partial charge in [-0.2, -0.15) is 0 Å². The van der Waals surface area contributed by atoms with Crippen molar-refractivity contribution >= 4 is 22.8 Å². The van der Waals surface area contributed by atoms with Gasteiger partial charge in [-0.05, 0) is 38.8 Å². The number of hydrogen-bond acceptors (Lipinski definition) is 2. The van der Waals surface area contributed by atoms with Gasteiger partial charge >= 0.3 is 0 Å². The standard InChI is InChI=1S/C14H20ClN3/c1-5-11(6-2)18-13(10(4)15)17-12-8-7-9(3)16-14(12)18/h7-8,10-11H,5-6H2,1-4H3. The summed E-state index contributed by atoms with van der Waals surface area (Å²) < 4.78 is 2.22. The molecule has 0 aromatic carbocycles. The van der Waals surface area contributed by atoms with E-state index < -0.39 is 0 Å². The molecule has 2 aromatic heterocycles. The first-order valence-electron chi connectivity index (χ1n) is 6.58. The summed E-state index contributed by atoms with van der Waals surface area (Å²) in [6.45, 7) is 8.36. The largest absolute Gasteiger partial charge is 0.308 e. The highest BCUT2D eigenvalue weighted by atomic mass is 35.5. The van der Waals surface area contributed by atoms with Crippen LogP contribution in [0, 0.1) is 6.92 Å². The number of hydrogen-bond donors (Lipinski definition) is 0. The first-order valence-corrected chi connectivity index (χ1v) is 7.01. The molecule has 1 unspecified atom stereocenters. The molecule has 1 atom stereocenters. The van der Waals surface area contributed by atoms with Crippen molar-refractivity contribution in [3.05, 3.63) is 23.7 Å². The maximum absolute atomic E-state index is 6.27. The molecule has 2 rings (SSSR count). The van der Waals surface area contributed by atoms with Gasteiger partial charge in [0.15, 0.2) is 5.65 Å². The number of aromatic nitrogens is 3. The second kappa shape index (κ2) is 5.27. The zero-order valence-corrected chi connectivity index (χ0v) is 12.2. The minimum atomic E-state index is -0.0971. The highest BCUT2D eigenvalue weighted by Crippen LogP contribution is 2.29. The average Bonchev–Trinajstić information content (AvgIpc) is 2.70. The monoisotopic (exact) mass is 265 g/mol. The van der Waals surface area contributed by atoms with Crippen LogP contribution in [-0.2, 0) is 0 Å². The maximum atomic E-state index is 6.27. The maximum Gasteiger partial charge on any atom is 0.160 e. The van der Waals surface area contributed by atoms with Gasteiger partial charge in [0.05, 0.1) is 5.38 Å². The quantitative estimate of drug-likeness (QED) is 0.767. The summed E-state index contributed by atoms with van der Waals surface area (Å²) in [6.07, 6.45) is 2.13. The van der Waals surface area contributed by atoms with E-state index in [1.165, 1.54) is 0 Å². The Balaban J connectivity index is 2.71. The zero-order valence-electron chi connectivity index (χ0n) is 11.4. The zero-order chi connectivity index (χ0) is 13.3. The third kappa shape index (κ3) is 2.24. The third-order valence-corrected chi connectivity index (χ3v) is 3.56. The summed E-state index contributed by atoms with van der Waals surface area (Å²) in [6, 6.07) is 4.44. The minimum Gasteiger partial charge on any atom is -0.308 e. The van der Waals surface area contributed by atoms with Crippen LogP contribution in [0.3, 0.4) is 0 Å². The summed E-state index contributed by atoms with van der Waals surface area (Å²) in [5.41, 5.74) is 2.92. The van der Waals surface area contributed by atoms with E-state index in [2.05, 4.69) is 28.4 Å². The molecule has 0 bridgehead atoms. The lowest BCUT2D eigenvalue weighted by atomic mass is 10.1. The number of aryl methyl sites for hydroxylation is 1. The minimum absolute atomic E-state index is 0.0971. The summed E-state index contributed by atoms with van der Waals surface area (Å²) >= 11 is 6.27. The van der Waals surface area contributed by atoms with Crippen molar-refractivity contribution < 1.29 is 0 Å². The predicted octanol–water partition coefficient (Wildman–Crippen LogP) is 4.40. The van der Waals surface area contributed by atoms with Crippen LogP contribution in [0.5, 0.6) is 0 Å². The van der Waals surface area contributed by atoms with E-state index >= 15 is 0 Å². The van der Waals surface area contributed by atoms with Crippen LogP contribution in [-0.4, -0.2) is 14.5 Å². The fourth-order valence-corrected chi connectivity index (χ4v) is 2.53. The fourth-order valence-electron chi connectivity index (χ4n) is 2.38. The van der Waals surface area contributed by atoms with Gasteiger partial charge < -0.3 is 4.57 Å². The lowest BCUT2D eigenvalue weighted by Gasteiger charge is -2.19. The summed E-state index contributed by atoms with van der Waals surface area (Å²) in [4.78, 5) is 9.28. The lowest BCUT2D eigenvalue weighted by Crippen LogP contribution is -2.12. The number of halogens is 1. The predicted molar refractivity (Wildman–Crippen MR) is 76.2 cm³/mol. The summed E-state index contributed by atoms with van der Waals surface area (Å²) in [7, 11) is 0. The van der Waals surface area contributed by atoms with E-state index in [1.54, 1.807) is 0 Å². The van der Waals surface area contributed by atoms with E-state index in [9.17, 15) is 0 Å². The van der Waals surface area contributed by atoms with E-state index in [-0.39, 0.29) is 5.38 Å². The van der Waals surface area contributed by atoms with Crippen LogP contribution >= 0.6 is 11.6 Å². The molecule has 0 aliphatic heterocycles. The first kappa shape index (κ1) is 13.3. The Kier molecular flexibility index (Phi) is 3.91. The molecule has 2 heterocycles. The fraction of sp³-hybridized carbons (Fsp3) is 0.571. The van der Waals surface area contributed by atoms with Gasteiger partial charge in [-0.3, -0.25) is 0 Å². The Labute approximate surface area is 113 Å². The van der Waals surface area contributed by atoms with Crippen LogP contribution in [0.1, 0.15) is 56.6 Å². The summed E-state index contributed by atoms with van der Waals surface area (Å²) in [5.74, 6) is 0.929. The molecule has 0 N–H and O–H groups in total. The highest BCUT2D eigenvalue weighted by Gasteiger charge is 2.20. The molecule has 0 aliphatic carbocycles. The molecule has 98 valence electrons. The molecule has 0 amide bonds. The van der Waals surface area contributed by atoms with Crippen LogP contribution in [0.15, 0.2) is 12.1 Å². The molecule has 2 aromatic rings. The van der Waals surface area contributed by atoms with Gasteiger partial charge in [-0.1, -0.05) is 13.8 Å². The number of fused-ring (bicyclic) bond motifs is 1. The van der Waals surface area contributed by atoms with Gasteiger partial charge in [0.25, 0.3) is 0 Å². The molecule has 18 heavy (non-hydrogen) atoms. The smallest absolute Gasteiger partial charge is 0.160 e. The second-order valence-electron chi connectivity index (χ2n) is 4.72. The molecule has 0 saturated heterocycles. The number of pyridine rings is 1. The molecule has 4 heteroatoms. The van der Waals surface area contributed by atoms with Crippen molar-refractivity contribution in [1.29, 1.82) is 0 Å². The Morgan fingerprint density at radius 3 is 2.44 bits per heavy atom. The van der Waals surface area contributed by atoms with Gasteiger partial charge in [-0.25, -0.2) is 9.97 Å². The van der Waals surface area contributed by atoms with Crippen LogP contribution in [0.4, 0.5) is 0 Å². The van der Waals surface area contributed by atoms with Crippen LogP contribution in [0.25, 0.3) is 11.2 Å². The Bertz CT molecular complexity index is 541. The number of rotatable bonds is 4. The van der Waals surface area contributed by atoms with E-state index in [1.807, 2.05) is 26.0 Å². The normalized spacial score (nSPS) is 13.4. The van der Waals surface area contributed by atoms with E-state index in [0.29, 0.717) is 6.04 Å². The Hall–Kier alpha value is -1.09. The molecular formula is C14H20ClN3. The van der Waals surface area contributed by atoms with Crippen molar-refractivity contribution in [2.75, 3.05) is 0 Å². The first-order chi connectivity index (χ1) is 8.58. The molecule has 0 aliphatic rings. The Morgan fingerprint density at radius 2 is 1.89 bits per heavy atom. The van der Waals surface area contributed by atoms with Crippen molar-refractivity contribution in [3.63, 3.8) is 0 Å². The highest BCUT2D eigenvalue weighted by molar-refractivity contribution is 6.20. The number of alkyl halides is 1. The second-order valence-corrected chi connectivity index (χ2v) is 5.38. The van der Waals surface area contributed by atoms with Gasteiger partial charge in [0.2, 0.25) is 0 Å². The van der Waals surface area contributed by atoms with E-state index in [4.69, 9.17) is 11.6 Å². The van der Waals surface area contributed by atoms with Crippen molar-refractivity contribution in [3.8, 4) is 0 Å². The van der Waals surface area contributed by atoms with Gasteiger partial charge in [-0.15, -0.1) is 11.6 Å². The lowest BCUT2D eigenvalue weighted by molar-refractivity contribution is 0.464. The molecule has 0 fully saturated rings. The van der Waals surface area contributed by atoms with Crippen molar-refractivity contribution in [2.45, 2.75) is 52.0 Å². The van der Waals surface area contributed by atoms with Crippen LogP contribution < -0.4 is 0 Å². The SMILES string of the molecule is CCC(CC)n1c(C(C)Cl)nc2ccc(C)nc21. The van der Waals surface area contributed by atoms with Gasteiger partial charge in [0, 0.05) is 11.7 Å². The van der Waals surface area contributed by atoms with Crippen molar-refractivity contribution in [1.82, 2.24) is 14.5 Å². The van der Waals surface area contributed by atoms with Crippen molar-refractivity contribution in [2.24, 2.45) is 0 Å². The van der Waals surface area contributed by atoms with Gasteiger partial charge in [0.1, 0.15) is 11.3 Å². The molecule has 0 spiro atoms. The number of imidazole rings is 1. The molecule has 0 saturated carbocycles. The summed E-state index contributed by atoms with van der Waals surface area (Å²) in [5, 5.41) is -0.0971. The molecular weight excluding hydrogens is 246 g/mol. The van der Waals surface area contributed by atoms with E-state index in [0.717, 1.165) is 35.5 Å². The number of nitrogens with zero attached hydrogens (tertiary/aromatic N) is 3. The average molecular weight is 266 g/mol. The third-order valence-electron chi connectivity index (χ3n) is 3.37. The topological polar surface area (TPSA) is 30.7 Å². The molecule has 3 nitrogen and oxygen atoms in total. The Morgan fingerprint density at radius 1 is 1.22 bits per heavy atom.